The molecule has 0 aliphatic carbocycles. The number of hydrogen-bond acceptors (Lipinski definition) is 3. The van der Waals surface area contributed by atoms with Crippen LogP contribution in [0.4, 0.5) is 0 Å². The lowest BCUT2D eigenvalue weighted by Gasteiger charge is -2.10. The van der Waals surface area contributed by atoms with Crippen LogP contribution in [0.3, 0.4) is 0 Å². The first-order valence-corrected chi connectivity index (χ1v) is 3.69. The van der Waals surface area contributed by atoms with Crippen LogP contribution in [0, 0.1) is 0 Å². The van der Waals surface area contributed by atoms with E-state index >= 15 is 0 Å². The lowest BCUT2D eigenvalue weighted by molar-refractivity contribution is -0.147. The SMILES string of the molecule is CCNC(=O)C(C)OCC(=O)O. The van der Waals surface area contributed by atoms with Gasteiger partial charge in [0.05, 0.1) is 0 Å². The van der Waals surface area contributed by atoms with Gasteiger partial charge in [-0.25, -0.2) is 4.79 Å². The van der Waals surface area contributed by atoms with Crippen molar-refractivity contribution in [1.29, 1.82) is 0 Å². The zero-order valence-electron chi connectivity index (χ0n) is 7.16. The molecule has 5 nitrogen and oxygen atoms in total. The Bertz CT molecular complexity index is 169. The Morgan fingerprint density at radius 1 is 1.58 bits per heavy atom. The third-order valence-electron chi connectivity index (χ3n) is 1.18. The van der Waals surface area contributed by atoms with E-state index in [0.717, 1.165) is 0 Å². The van der Waals surface area contributed by atoms with E-state index in [2.05, 4.69) is 5.32 Å². The molecule has 0 bridgehead atoms. The smallest absolute Gasteiger partial charge is 0.329 e. The highest BCUT2D eigenvalue weighted by molar-refractivity contribution is 5.80. The summed E-state index contributed by atoms with van der Waals surface area (Å²) in [6.07, 6.45) is -0.707. The second-order valence-corrected chi connectivity index (χ2v) is 2.24. The predicted octanol–water partition coefficient (Wildman–Crippen LogP) is -0.388. The molecule has 70 valence electrons. The van der Waals surface area contributed by atoms with Gasteiger partial charge in [-0.05, 0) is 13.8 Å². The van der Waals surface area contributed by atoms with E-state index in [1.807, 2.05) is 0 Å². The van der Waals surface area contributed by atoms with Gasteiger partial charge in [-0.1, -0.05) is 0 Å². The number of amides is 1. The van der Waals surface area contributed by atoms with Crippen LogP contribution >= 0.6 is 0 Å². The molecule has 0 aliphatic heterocycles. The fourth-order valence-corrected chi connectivity index (χ4v) is 0.590. The van der Waals surface area contributed by atoms with Crippen molar-refractivity contribution in [2.24, 2.45) is 0 Å². The second kappa shape index (κ2) is 5.54. The maximum absolute atomic E-state index is 10.9. The van der Waals surface area contributed by atoms with E-state index in [1.54, 1.807) is 6.92 Å². The van der Waals surface area contributed by atoms with Crippen LogP contribution in [0.15, 0.2) is 0 Å². The molecule has 0 aromatic carbocycles. The predicted molar refractivity (Wildman–Crippen MR) is 41.7 cm³/mol. The maximum atomic E-state index is 10.9. The molecule has 1 unspecified atom stereocenters. The summed E-state index contributed by atoms with van der Waals surface area (Å²) in [4.78, 5) is 21.0. The van der Waals surface area contributed by atoms with Crippen LogP contribution in [0.1, 0.15) is 13.8 Å². The zero-order chi connectivity index (χ0) is 9.56. The first kappa shape index (κ1) is 10.9. The van der Waals surface area contributed by atoms with Crippen molar-refractivity contribution in [3.8, 4) is 0 Å². The first-order valence-electron chi connectivity index (χ1n) is 3.69. The molecule has 0 heterocycles. The van der Waals surface area contributed by atoms with Gasteiger partial charge in [0.15, 0.2) is 0 Å². The molecule has 2 N–H and O–H groups in total. The average molecular weight is 175 g/mol. The summed E-state index contributed by atoms with van der Waals surface area (Å²) in [5.41, 5.74) is 0. The van der Waals surface area contributed by atoms with Gasteiger partial charge in [0.1, 0.15) is 12.7 Å². The molecule has 0 saturated heterocycles. The molecular formula is C7H13NO4. The summed E-state index contributed by atoms with van der Waals surface area (Å²) >= 11 is 0. The number of nitrogens with one attached hydrogen (secondary N) is 1. The van der Waals surface area contributed by atoms with Crippen LogP contribution in [0.25, 0.3) is 0 Å². The third-order valence-corrected chi connectivity index (χ3v) is 1.18. The number of likely N-dealkylation sites (N-methyl/N-ethyl adjacent to an activating group) is 1. The van der Waals surface area contributed by atoms with Gasteiger partial charge in [0, 0.05) is 6.54 Å². The number of rotatable bonds is 5. The van der Waals surface area contributed by atoms with Crippen LogP contribution in [-0.4, -0.2) is 36.2 Å². The Morgan fingerprint density at radius 3 is 2.58 bits per heavy atom. The van der Waals surface area contributed by atoms with E-state index in [1.165, 1.54) is 6.92 Å². The standard InChI is InChI=1S/C7H13NO4/c1-3-8-7(11)5(2)12-4-6(9)10/h5H,3-4H2,1-2H3,(H,8,11)(H,9,10). The van der Waals surface area contributed by atoms with Crippen molar-refractivity contribution in [2.75, 3.05) is 13.2 Å². The highest BCUT2D eigenvalue weighted by Gasteiger charge is 2.12. The second-order valence-electron chi connectivity index (χ2n) is 2.24. The van der Waals surface area contributed by atoms with Crippen LogP contribution < -0.4 is 5.32 Å². The number of carbonyl (C=O) groups excluding carboxylic acids is 1. The summed E-state index contributed by atoms with van der Waals surface area (Å²) in [6, 6.07) is 0. The molecule has 5 heteroatoms. The number of hydrogen-bond donors (Lipinski definition) is 2. The molecule has 0 aromatic heterocycles. The molecule has 0 saturated carbocycles. The van der Waals surface area contributed by atoms with E-state index < -0.39 is 18.7 Å². The molecular weight excluding hydrogens is 162 g/mol. The Hall–Kier alpha value is -1.10. The lowest BCUT2D eigenvalue weighted by Crippen LogP contribution is -2.35. The molecule has 0 rings (SSSR count). The van der Waals surface area contributed by atoms with Crippen LogP contribution in [-0.2, 0) is 14.3 Å². The first-order chi connectivity index (χ1) is 5.57. The van der Waals surface area contributed by atoms with Crippen molar-refractivity contribution < 1.29 is 19.4 Å². The number of ether oxygens (including phenoxy) is 1. The fraction of sp³-hybridized carbons (Fsp3) is 0.714. The average Bonchev–Trinajstić information content (AvgIpc) is 2.00. The summed E-state index contributed by atoms with van der Waals surface area (Å²) in [6.45, 7) is 3.35. The molecule has 1 atom stereocenters. The van der Waals surface area contributed by atoms with E-state index in [4.69, 9.17) is 9.84 Å². The minimum Gasteiger partial charge on any atom is -0.480 e. The van der Waals surface area contributed by atoms with Crippen molar-refractivity contribution >= 4 is 11.9 Å². The van der Waals surface area contributed by atoms with E-state index in [0.29, 0.717) is 6.54 Å². The Labute approximate surface area is 70.7 Å². The van der Waals surface area contributed by atoms with Crippen molar-refractivity contribution in [2.45, 2.75) is 20.0 Å². The molecule has 0 spiro atoms. The maximum Gasteiger partial charge on any atom is 0.329 e. The Kier molecular flexibility index (Phi) is 5.03. The number of carbonyl (C=O) groups is 2. The van der Waals surface area contributed by atoms with Crippen molar-refractivity contribution in [3.63, 3.8) is 0 Å². The molecule has 0 aromatic rings. The molecule has 12 heavy (non-hydrogen) atoms. The Balaban J connectivity index is 3.63. The van der Waals surface area contributed by atoms with Gasteiger partial charge in [-0.3, -0.25) is 4.79 Å². The lowest BCUT2D eigenvalue weighted by atomic mass is 10.4. The van der Waals surface area contributed by atoms with Gasteiger partial charge in [0.25, 0.3) is 0 Å². The molecule has 1 amide bonds. The summed E-state index contributed by atoms with van der Waals surface area (Å²) < 4.78 is 4.71. The largest absolute Gasteiger partial charge is 0.480 e. The van der Waals surface area contributed by atoms with Crippen molar-refractivity contribution in [3.05, 3.63) is 0 Å². The Morgan fingerprint density at radius 2 is 2.17 bits per heavy atom. The fourth-order valence-electron chi connectivity index (χ4n) is 0.590. The van der Waals surface area contributed by atoms with Gasteiger partial charge in [-0.15, -0.1) is 0 Å². The van der Waals surface area contributed by atoms with Gasteiger partial charge in [0.2, 0.25) is 5.91 Å². The monoisotopic (exact) mass is 175 g/mol. The number of carboxylic acid groups (broad SMARTS) is 1. The molecule has 0 aliphatic rings. The minimum absolute atomic E-state index is 0.293. The van der Waals surface area contributed by atoms with Gasteiger partial charge < -0.3 is 15.2 Å². The summed E-state index contributed by atoms with van der Waals surface area (Å²) in [7, 11) is 0. The summed E-state index contributed by atoms with van der Waals surface area (Å²) in [5, 5.41) is 10.7. The molecule has 0 radical (unpaired) electrons. The minimum atomic E-state index is -1.08. The topological polar surface area (TPSA) is 75.6 Å². The van der Waals surface area contributed by atoms with E-state index in [-0.39, 0.29) is 5.91 Å². The molecule has 0 fully saturated rings. The zero-order valence-corrected chi connectivity index (χ0v) is 7.16. The van der Waals surface area contributed by atoms with Gasteiger partial charge in [-0.2, -0.15) is 0 Å². The van der Waals surface area contributed by atoms with Crippen LogP contribution in [0.2, 0.25) is 0 Å². The highest BCUT2D eigenvalue weighted by atomic mass is 16.5. The van der Waals surface area contributed by atoms with E-state index in [9.17, 15) is 9.59 Å². The van der Waals surface area contributed by atoms with Gasteiger partial charge >= 0.3 is 5.97 Å². The highest BCUT2D eigenvalue weighted by Crippen LogP contribution is 1.89. The van der Waals surface area contributed by atoms with Crippen LogP contribution in [0.5, 0.6) is 0 Å². The third kappa shape index (κ3) is 4.68. The van der Waals surface area contributed by atoms with Crippen molar-refractivity contribution in [1.82, 2.24) is 5.32 Å². The number of carboxylic acids is 1. The quantitative estimate of drug-likeness (QED) is 0.596. The normalized spacial score (nSPS) is 12.2. The number of aliphatic carboxylic acids is 1. The summed E-state index contributed by atoms with van der Waals surface area (Å²) in [5.74, 6) is -1.37.